The summed E-state index contributed by atoms with van der Waals surface area (Å²) in [7, 11) is 0. The second-order valence-corrected chi connectivity index (χ2v) is 2.64. The highest BCUT2D eigenvalue weighted by molar-refractivity contribution is 5.97. The van der Waals surface area contributed by atoms with Crippen molar-refractivity contribution in [3.05, 3.63) is 11.3 Å². The Morgan fingerprint density at radius 1 is 1.67 bits per heavy atom. The number of nitrogens with two attached hydrogens (primary N) is 1. The number of carbonyl (C=O) groups is 1. The lowest BCUT2D eigenvalue weighted by molar-refractivity contribution is -0.119. The molecule has 2 aliphatic heterocycles. The standard InChI is InChI=1S/C7H8N4O/c8-6(12)7-10-2-4-1-9-3-5(4)11-7/h2-3,7,11H,1H2,(H2,8,12). The molecule has 0 aromatic heterocycles. The minimum atomic E-state index is -0.631. The molecule has 0 spiro atoms. The van der Waals surface area contributed by atoms with E-state index >= 15 is 0 Å². The topological polar surface area (TPSA) is 79.8 Å². The van der Waals surface area contributed by atoms with Crippen LogP contribution in [0.1, 0.15) is 0 Å². The van der Waals surface area contributed by atoms with Crippen LogP contribution in [0.25, 0.3) is 0 Å². The Morgan fingerprint density at radius 2 is 2.50 bits per heavy atom. The van der Waals surface area contributed by atoms with Crippen LogP contribution in [-0.2, 0) is 4.79 Å². The molecule has 0 radical (unpaired) electrons. The third-order valence-corrected chi connectivity index (χ3v) is 1.77. The highest BCUT2D eigenvalue weighted by atomic mass is 16.1. The van der Waals surface area contributed by atoms with E-state index in [0.29, 0.717) is 6.54 Å². The Hall–Kier alpha value is -1.65. The number of hydrogen-bond donors (Lipinski definition) is 2. The molecule has 62 valence electrons. The molecule has 1 amide bonds. The van der Waals surface area contributed by atoms with Crippen molar-refractivity contribution in [3.63, 3.8) is 0 Å². The van der Waals surface area contributed by atoms with Gasteiger partial charge in [0.1, 0.15) is 0 Å². The molecule has 2 heterocycles. The minimum absolute atomic E-state index is 0.474. The van der Waals surface area contributed by atoms with Crippen LogP contribution in [-0.4, -0.2) is 31.0 Å². The van der Waals surface area contributed by atoms with E-state index < -0.39 is 12.1 Å². The highest BCUT2D eigenvalue weighted by Crippen LogP contribution is 2.10. The molecule has 1 unspecified atom stereocenters. The summed E-state index contributed by atoms with van der Waals surface area (Å²) in [6.07, 6.45) is 2.71. The maximum absolute atomic E-state index is 10.7. The monoisotopic (exact) mass is 164 g/mol. The maximum Gasteiger partial charge on any atom is 0.262 e. The Kier molecular flexibility index (Phi) is 1.43. The van der Waals surface area contributed by atoms with Gasteiger partial charge in [-0.2, -0.15) is 0 Å². The van der Waals surface area contributed by atoms with Gasteiger partial charge in [0, 0.05) is 18.0 Å². The number of aliphatic imine (C=N–C) groups is 2. The Morgan fingerprint density at radius 3 is 3.25 bits per heavy atom. The zero-order valence-corrected chi connectivity index (χ0v) is 6.32. The fourth-order valence-electron chi connectivity index (χ4n) is 1.14. The fraction of sp³-hybridized carbons (Fsp3) is 0.286. The number of rotatable bonds is 1. The van der Waals surface area contributed by atoms with E-state index in [4.69, 9.17) is 5.73 Å². The number of primary amides is 1. The summed E-state index contributed by atoms with van der Waals surface area (Å²) in [6, 6.07) is 0. The molecule has 5 heteroatoms. The lowest BCUT2D eigenvalue weighted by Crippen LogP contribution is -2.41. The van der Waals surface area contributed by atoms with Gasteiger partial charge in [-0.25, -0.2) is 0 Å². The van der Waals surface area contributed by atoms with Gasteiger partial charge in [-0.05, 0) is 0 Å². The molecule has 2 rings (SSSR count). The van der Waals surface area contributed by atoms with Crippen molar-refractivity contribution >= 4 is 18.3 Å². The smallest absolute Gasteiger partial charge is 0.262 e. The van der Waals surface area contributed by atoms with Crippen molar-refractivity contribution in [3.8, 4) is 0 Å². The summed E-state index contributed by atoms with van der Waals surface area (Å²) in [5.41, 5.74) is 6.93. The number of nitrogens with zero attached hydrogens (tertiary/aromatic N) is 2. The summed E-state index contributed by atoms with van der Waals surface area (Å²) in [6.45, 7) is 0.636. The predicted molar refractivity (Wildman–Crippen MR) is 45.0 cm³/mol. The Bertz CT molecular complexity index is 315. The maximum atomic E-state index is 10.7. The fourth-order valence-corrected chi connectivity index (χ4v) is 1.14. The molecule has 0 aromatic rings. The largest absolute Gasteiger partial charge is 0.366 e. The third-order valence-electron chi connectivity index (χ3n) is 1.77. The van der Waals surface area contributed by atoms with Gasteiger partial charge >= 0.3 is 0 Å². The van der Waals surface area contributed by atoms with Crippen LogP contribution in [0.3, 0.4) is 0 Å². The Balaban J connectivity index is 2.20. The molecule has 0 saturated heterocycles. The van der Waals surface area contributed by atoms with Gasteiger partial charge in [-0.1, -0.05) is 0 Å². The number of carbonyl (C=O) groups excluding carboxylic acids is 1. The number of amides is 1. The quantitative estimate of drug-likeness (QED) is 0.511. The summed E-state index contributed by atoms with van der Waals surface area (Å²) in [4.78, 5) is 18.7. The first-order chi connectivity index (χ1) is 5.77. The van der Waals surface area contributed by atoms with E-state index in [9.17, 15) is 4.79 Å². The molecule has 1 atom stereocenters. The lowest BCUT2D eigenvalue weighted by Gasteiger charge is -2.16. The van der Waals surface area contributed by atoms with Crippen LogP contribution >= 0.6 is 0 Å². The highest BCUT2D eigenvalue weighted by Gasteiger charge is 2.20. The number of hydrogen-bond acceptors (Lipinski definition) is 4. The van der Waals surface area contributed by atoms with Crippen molar-refractivity contribution < 1.29 is 4.79 Å². The second kappa shape index (κ2) is 2.44. The van der Waals surface area contributed by atoms with E-state index in [1.54, 1.807) is 12.4 Å². The van der Waals surface area contributed by atoms with Crippen LogP contribution in [0.15, 0.2) is 21.3 Å². The molecule has 3 N–H and O–H groups in total. The van der Waals surface area contributed by atoms with E-state index in [1.165, 1.54) is 0 Å². The Labute approximate surface area is 69.1 Å². The normalized spacial score (nSPS) is 25.5. The van der Waals surface area contributed by atoms with Gasteiger partial charge in [0.25, 0.3) is 5.91 Å². The average molecular weight is 164 g/mol. The molecule has 0 saturated carbocycles. The lowest BCUT2D eigenvalue weighted by atomic mass is 10.2. The summed E-state index contributed by atoms with van der Waals surface area (Å²) in [5, 5.41) is 2.87. The van der Waals surface area contributed by atoms with E-state index in [2.05, 4.69) is 15.3 Å². The SMILES string of the molecule is NC(=O)C1N=CC2=C(C=NC2)N1. The third kappa shape index (κ3) is 0.990. The summed E-state index contributed by atoms with van der Waals surface area (Å²) in [5.74, 6) is -0.474. The van der Waals surface area contributed by atoms with Gasteiger partial charge in [-0.15, -0.1) is 0 Å². The molecule has 2 aliphatic rings. The van der Waals surface area contributed by atoms with Crippen LogP contribution in [0.4, 0.5) is 0 Å². The van der Waals surface area contributed by atoms with E-state index in [-0.39, 0.29) is 0 Å². The van der Waals surface area contributed by atoms with Crippen molar-refractivity contribution in [1.82, 2.24) is 5.32 Å². The molecule has 0 fully saturated rings. The predicted octanol–water partition coefficient (Wildman–Crippen LogP) is -1.19. The first kappa shape index (κ1) is 7.02. The van der Waals surface area contributed by atoms with Gasteiger partial charge < -0.3 is 11.1 Å². The molecule has 0 bridgehead atoms. The van der Waals surface area contributed by atoms with E-state index in [1.807, 2.05) is 0 Å². The van der Waals surface area contributed by atoms with Gasteiger partial charge in [0.15, 0.2) is 6.17 Å². The average Bonchev–Trinajstić information content (AvgIpc) is 2.49. The summed E-state index contributed by atoms with van der Waals surface area (Å²) >= 11 is 0. The second-order valence-electron chi connectivity index (χ2n) is 2.64. The van der Waals surface area contributed by atoms with E-state index in [0.717, 1.165) is 11.3 Å². The summed E-state index contributed by atoms with van der Waals surface area (Å²) < 4.78 is 0. The first-order valence-electron chi connectivity index (χ1n) is 3.59. The van der Waals surface area contributed by atoms with Crippen molar-refractivity contribution in [1.29, 1.82) is 0 Å². The van der Waals surface area contributed by atoms with Crippen LogP contribution < -0.4 is 11.1 Å². The number of nitrogens with one attached hydrogen (secondary N) is 1. The molecule has 5 nitrogen and oxygen atoms in total. The molecular weight excluding hydrogens is 156 g/mol. The molecule has 0 aliphatic carbocycles. The van der Waals surface area contributed by atoms with Crippen molar-refractivity contribution in [2.45, 2.75) is 6.17 Å². The van der Waals surface area contributed by atoms with Crippen molar-refractivity contribution in [2.24, 2.45) is 15.7 Å². The molecule has 12 heavy (non-hydrogen) atoms. The van der Waals surface area contributed by atoms with Gasteiger partial charge in [0.2, 0.25) is 0 Å². The van der Waals surface area contributed by atoms with Crippen molar-refractivity contribution in [2.75, 3.05) is 6.54 Å². The van der Waals surface area contributed by atoms with Crippen LogP contribution in [0, 0.1) is 0 Å². The molecule has 0 aromatic carbocycles. The minimum Gasteiger partial charge on any atom is -0.366 e. The number of allylic oxidation sites excluding steroid dienone is 1. The zero-order valence-electron chi connectivity index (χ0n) is 6.32. The van der Waals surface area contributed by atoms with Gasteiger partial charge in [-0.3, -0.25) is 14.8 Å². The van der Waals surface area contributed by atoms with Crippen LogP contribution in [0.5, 0.6) is 0 Å². The van der Waals surface area contributed by atoms with Gasteiger partial charge in [0.05, 0.1) is 12.2 Å². The van der Waals surface area contributed by atoms with Crippen LogP contribution in [0.2, 0.25) is 0 Å². The first-order valence-corrected chi connectivity index (χ1v) is 3.59. The molecular formula is C7H8N4O. The zero-order chi connectivity index (χ0) is 8.55.